The third-order valence-corrected chi connectivity index (χ3v) is 7.61. The lowest BCUT2D eigenvalue weighted by Gasteiger charge is -2.33. The van der Waals surface area contributed by atoms with Gasteiger partial charge >= 0.3 is 0 Å². The van der Waals surface area contributed by atoms with Gasteiger partial charge in [-0.25, -0.2) is 0 Å². The normalized spacial score (nSPS) is 15.1. The van der Waals surface area contributed by atoms with Crippen LogP contribution in [0.4, 0.5) is 10.7 Å². The molecule has 0 unspecified atom stereocenters. The fourth-order valence-corrected chi connectivity index (χ4v) is 5.76. The van der Waals surface area contributed by atoms with Crippen molar-refractivity contribution < 1.29 is 19.1 Å². The van der Waals surface area contributed by atoms with Crippen molar-refractivity contribution >= 4 is 33.8 Å². The molecule has 1 aliphatic rings. The van der Waals surface area contributed by atoms with Crippen molar-refractivity contribution in [3.63, 3.8) is 0 Å². The number of ether oxygens (including phenoxy) is 2. The number of hydrogen-bond donors (Lipinski definition) is 2. The van der Waals surface area contributed by atoms with Gasteiger partial charge in [-0.2, -0.15) is 0 Å². The van der Waals surface area contributed by atoms with Crippen LogP contribution in [0.25, 0.3) is 0 Å². The summed E-state index contributed by atoms with van der Waals surface area (Å²) >= 11 is 1.50. The summed E-state index contributed by atoms with van der Waals surface area (Å²) in [5.74, 6) is 1.17. The third kappa shape index (κ3) is 5.85. The van der Waals surface area contributed by atoms with Crippen molar-refractivity contribution in [2.24, 2.45) is 11.3 Å². The van der Waals surface area contributed by atoms with Gasteiger partial charge in [-0.15, -0.1) is 11.3 Å². The maximum absolute atomic E-state index is 13.5. The number of anilines is 2. The largest absolute Gasteiger partial charge is 0.495 e. The van der Waals surface area contributed by atoms with Crippen LogP contribution in [0.2, 0.25) is 0 Å². The molecule has 0 aliphatic heterocycles. The van der Waals surface area contributed by atoms with Crippen molar-refractivity contribution in [3.05, 3.63) is 70.6 Å². The van der Waals surface area contributed by atoms with Gasteiger partial charge in [0.25, 0.3) is 11.8 Å². The molecule has 2 N–H and O–H groups in total. The molecule has 6 nitrogen and oxygen atoms in total. The molecule has 184 valence electrons. The molecule has 3 aromatic rings. The molecular weight excluding hydrogens is 460 g/mol. The van der Waals surface area contributed by atoms with Crippen molar-refractivity contribution in [3.8, 4) is 11.5 Å². The molecule has 0 spiro atoms. The quantitative estimate of drug-likeness (QED) is 0.413. The fourth-order valence-electron chi connectivity index (χ4n) is 4.41. The van der Waals surface area contributed by atoms with Gasteiger partial charge in [0.15, 0.2) is 6.61 Å². The Kier molecular flexibility index (Phi) is 7.45. The molecule has 2 amide bonds. The van der Waals surface area contributed by atoms with E-state index in [9.17, 15) is 9.59 Å². The Morgan fingerprint density at radius 1 is 1.03 bits per heavy atom. The van der Waals surface area contributed by atoms with Crippen LogP contribution >= 0.6 is 11.3 Å². The van der Waals surface area contributed by atoms with E-state index in [4.69, 9.17) is 9.47 Å². The van der Waals surface area contributed by atoms with Crippen LogP contribution in [0.1, 0.15) is 48.0 Å². The van der Waals surface area contributed by atoms with Crippen LogP contribution in [-0.2, 0) is 17.6 Å². The van der Waals surface area contributed by atoms with Crippen molar-refractivity contribution in [2.45, 2.75) is 40.0 Å². The highest BCUT2D eigenvalue weighted by Gasteiger charge is 2.34. The summed E-state index contributed by atoms with van der Waals surface area (Å²) in [6, 6.07) is 16.5. The van der Waals surface area contributed by atoms with Crippen molar-refractivity contribution in [1.29, 1.82) is 0 Å². The van der Waals surface area contributed by atoms with Gasteiger partial charge in [0.2, 0.25) is 0 Å². The van der Waals surface area contributed by atoms with Gasteiger partial charge in [0.1, 0.15) is 16.5 Å². The van der Waals surface area contributed by atoms with E-state index >= 15 is 0 Å². The van der Waals surface area contributed by atoms with E-state index in [2.05, 4.69) is 31.4 Å². The zero-order valence-corrected chi connectivity index (χ0v) is 21.5. The topological polar surface area (TPSA) is 76.7 Å². The molecule has 2 aromatic carbocycles. The molecule has 0 saturated heterocycles. The number of thiophene rings is 1. The van der Waals surface area contributed by atoms with Gasteiger partial charge in [-0.05, 0) is 60.4 Å². The number of rotatable bonds is 7. The number of para-hydroxylation sites is 3. The van der Waals surface area contributed by atoms with E-state index in [0.29, 0.717) is 33.7 Å². The third-order valence-electron chi connectivity index (χ3n) is 6.44. The lowest BCUT2D eigenvalue weighted by atomic mass is 9.72. The molecule has 0 fully saturated rings. The van der Waals surface area contributed by atoms with Gasteiger partial charge in [0, 0.05) is 4.88 Å². The highest BCUT2D eigenvalue weighted by molar-refractivity contribution is 7.17. The summed E-state index contributed by atoms with van der Waals surface area (Å²) < 4.78 is 11.0. The summed E-state index contributed by atoms with van der Waals surface area (Å²) in [6.07, 6.45) is 2.71. The minimum Gasteiger partial charge on any atom is -0.495 e. The second-order valence-corrected chi connectivity index (χ2v) is 10.9. The highest BCUT2D eigenvalue weighted by atomic mass is 32.1. The molecule has 1 heterocycles. The van der Waals surface area contributed by atoms with Crippen LogP contribution < -0.4 is 20.1 Å². The predicted octanol–water partition coefficient (Wildman–Crippen LogP) is 6.18. The summed E-state index contributed by atoms with van der Waals surface area (Å²) in [6.45, 7) is 6.64. The SMILES string of the molecule is COc1ccccc1NC(=O)c1c(NC(=O)COc2ccccc2)sc2c1CC[C@H](C(C)(C)C)C2. The molecule has 4 rings (SSSR count). The van der Waals surface area contributed by atoms with Gasteiger partial charge in [0.05, 0.1) is 18.4 Å². The molecule has 1 aliphatic carbocycles. The van der Waals surface area contributed by atoms with E-state index < -0.39 is 0 Å². The Labute approximate surface area is 210 Å². The summed E-state index contributed by atoms with van der Waals surface area (Å²) in [5, 5.41) is 6.50. The highest BCUT2D eigenvalue weighted by Crippen LogP contribution is 2.44. The number of hydrogen-bond acceptors (Lipinski definition) is 5. The first-order valence-corrected chi connectivity index (χ1v) is 12.6. The van der Waals surface area contributed by atoms with Crippen LogP contribution in [0.15, 0.2) is 54.6 Å². The van der Waals surface area contributed by atoms with Crippen LogP contribution in [0.3, 0.4) is 0 Å². The zero-order chi connectivity index (χ0) is 25.0. The van der Waals surface area contributed by atoms with E-state index in [1.165, 1.54) is 16.2 Å². The number of carbonyl (C=O) groups is 2. The molecule has 0 bridgehead atoms. The molecule has 7 heteroatoms. The number of nitrogens with one attached hydrogen (secondary N) is 2. The van der Waals surface area contributed by atoms with E-state index in [1.807, 2.05) is 30.3 Å². The van der Waals surface area contributed by atoms with Crippen LogP contribution in [-0.4, -0.2) is 25.5 Å². The van der Waals surface area contributed by atoms with Crippen molar-refractivity contribution in [1.82, 2.24) is 0 Å². The van der Waals surface area contributed by atoms with Crippen molar-refractivity contribution in [2.75, 3.05) is 24.4 Å². The molecule has 0 radical (unpaired) electrons. The van der Waals surface area contributed by atoms with Gasteiger partial charge < -0.3 is 20.1 Å². The number of benzene rings is 2. The maximum atomic E-state index is 13.5. The standard InChI is InChI=1S/C28H32N2O4S/c1-28(2,3)18-14-15-20-23(16-18)35-27(30-24(31)17-34-19-10-6-5-7-11-19)25(20)26(32)29-21-12-8-9-13-22(21)33-4/h5-13,18H,14-17H2,1-4H3,(H,29,32)(H,30,31)/t18-/m0/s1. The summed E-state index contributed by atoms with van der Waals surface area (Å²) in [5.41, 5.74) is 2.33. The van der Waals surface area contributed by atoms with Gasteiger partial charge in [-0.1, -0.05) is 51.1 Å². The predicted molar refractivity (Wildman–Crippen MR) is 141 cm³/mol. The molecule has 0 saturated carbocycles. The number of amides is 2. The second kappa shape index (κ2) is 10.5. The molecule has 35 heavy (non-hydrogen) atoms. The first kappa shape index (κ1) is 24.8. The maximum Gasteiger partial charge on any atom is 0.262 e. The molecular formula is C28H32N2O4S. The Hall–Kier alpha value is -3.32. The Morgan fingerprint density at radius 2 is 1.74 bits per heavy atom. The van der Waals surface area contributed by atoms with E-state index in [1.54, 1.807) is 31.4 Å². The number of methoxy groups -OCH3 is 1. The zero-order valence-electron chi connectivity index (χ0n) is 20.6. The van der Waals surface area contributed by atoms with E-state index in [-0.39, 0.29) is 23.8 Å². The fraction of sp³-hybridized carbons (Fsp3) is 0.357. The Morgan fingerprint density at radius 3 is 2.46 bits per heavy atom. The smallest absolute Gasteiger partial charge is 0.262 e. The number of fused-ring (bicyclic) bond motifs is 1. The minimum absolute atomic E-state index is 0.134. The average molecular weight is 493 g/mol. The lowest BCUT2D eigenvalue weighted by Crippen LogP contribution is -2.27. The first-order chi connectivity index (χ1) is 16.8. The van der Waals surface area contributed by atoms with Gasteiger partial charge in [-0.3, -0.25) is 9.59 Å². The molecule has 1 atom stereocenters. The monoisotopic (exact) mass is 492 g/mol. The second-order valence-electron chi connectivity index (χ2n) is 9.82. The molecule has 1 aromatic heterocycles. The van der Waals surface area contributed by atoms with E-state index in [0.717, 1.165) is 24.8 Å². The Bertz CT molecular complexity index is 1200. The first-order valence-electron chi connectivity index (χ1n) is 11.8. The summed E-state index contributed by atoms with van der Waals surface area (Å²) in [4.78, 5) is 27.5. The average Bonchev–Trinajstić information content (AvgIpc) is 3.20. The lowest BCUT2D eigenvalue weighted by molar-refractivity contribution is -0.118. The minimum atomic E-state index is -0.300. The number of carbonyl (C=O) groups excluding carboxylic acids is 2. The van der Waals surface area contributed by atoms with Crippen LogP contribution in [0.5, 0.6) is 11.5 Å². The Balaban J connectivity index is 1.60. The van der Waals surface area contributed by atoms with Crippen LogP contribution in [0, 0.1) is 11.3 Å². The summed E-state index contributed by atoms with van der Waals surface area (Å²) in [7, 11) is 1.57.